The molecule has 0 bridgehead atoms. The average molecular weight is 294 g/mol. The summed E-state index contributed by atoms with van der Waals surface area (Å²) >= 11 is 1.36. The van der Waals surface area contributed by atoms with Gasteiger partial charge in [0.1, 0.15) is 5.82 Å². The molecule has 1 atom stereocenters. The summed E-state index contributed by atoms with van der Waals surface area (Å²) in [7, 11) is 0. The van der Waals surface area contributed by atoms with Gasteiger partial charge in [-0.25, -0.2) is 0 Å². The number of aromatic nitrogens is 3. The van der Waals surface area contributed by atoms with Crippen molar-refractivity contribution in [3.63, 3.8) is 0 Å². The fourth-order valence-corrected chi connectivity index (χ4v) is 2.60. The van der Waals surface area contributed by atoms with Crippen LogP contribution in [0.4, 0.5) is 0 Å². The van der Waals surface area contributed by atoms with Gasteiger partial charge in [-0.05, 0) is 5.56 Å². The summed E-state index contributed by atoms with van der Waals surface area (Å²) in [6, 6.07) is 9.97. The maximum absolute atomic E-state index is 9.41. The predicted molar refractivity (Wildman–Crippen MR) is 77.3 cm³/mol. The zero-order valence-corrected chi connectivity index (χ0v) is 11.8. The molecule has 0 aliphatic heterocycles. The summed E-state index contributed by atoms with van der Waals surface area (Å²) in [5.74, 6) is 1.07. The lowest BCUT2D eigenvalue weighted by Gasteiger charge is -2.10. The van der Waals surface area contributed by atoms with Gasteiger partial charge in [0.2, 0.25) is 0 Å². The standard InChI is InChI=1S/C13H18N4O2S/c14-6-12-15-16-13(20-9-11(19)8-18)17(12)7-10-4-2-1-3-5-10/h1-5,11,18-19H,6-9,14H2/t11-/m0/s1. The first-order chi connectivity index (χ1) is 9.74. The Labute approximate surface area is 121 Å². The molecule has 0 saturated carbocycles. The van der Waals surface area contributed by atoms with Crippen molar-refractivity contribution in [1.82, 2.24) is 14.8 Å². The molecule has 7 heteroatoms. The largest absolute Gasteiger partial charge is 0.394 e. The molecule has 108 valence electrons. The first-order valence-electron chi connectivity index (χ1n) is 6.32. The molecule has 0 aliphatic rings. The Hall–Kier alpha value is -1.41. The summed E-state index contributed by atoms with van der Waals surface area (Å²) < 4.78 is 1.93. The number of aliphatic hydroxyl groups excluding tert-OH is 2. The molecule has 1 aromatic carbocycles. The molecule has 0 unspecified atom stereocenters. The highest BCUT2D eigenvalue weighted by Crippen LogP contribution is 2.19. The second-order valence-electron chi connectivity index (χ2n) is 4.32. The molecule has 0 fully saturated rings. The molecule has 6 nitrogen and oxygen atoms in total. The molecule has 0 spiro atoms. The predicted octanol–water partition coefficient (Wildman–Crippen LogP) is 0.230. The van der Waals surface area contributed by atoms with Crippen LogP contribution in [-0.4, -0.2) is 43.4 Å². The van der Waals surface area contributed by atoms with Crippen LogP contribution < -0.4 is 5.73 Å². The molecular weight excluding hydrogens is 276 g/mol. The van der Waals surface area contributed by atoms with Gasteiger partial charge in [0.05, 0.1) is 25.8 Å². The van der Waals surface area contributed by atoms with Crippen LogP contribution in [0.25, 0.3) is 0 Å². The zero-order chi connectivity index (χ0) is 14.4. The van der Waals surface area contributed by atoms with Crippen molar-refractivity contribution >= 4 is 11.8 Å². The minimum Gasteiger partial charge on any atom is -0.394 e. The Bertz CT molecular complexity index is 532. The van der Waals surface area contributed by atoms with E-state index in [4.69, 9.17) is 10.8 Å². The van der Waals surface area contributed by atoms with Crippen LogP contribution in [0.2, 0.25) is 0 Å². The topological polar surface area (TPSA) is 97.2 Å². The van der Waals surface area contributed by atoms with E-state index in [0.29, 0.717) is 29.8 Å². The van der Waals surface area contributed by atoms with Crippen LogP contribution in [-0.2, 0) is 13.1 Å². The third kappa shape index (κ3) is 3.80. The normalized spacial score (nSPS) is 12.6. The number of nitrogens with zero attached hydrogens (tertiary/aromatic N) is 3. The smallest absolute Gasteiger partial charge is 0.191 e. The van der Waals surface area contributed by atoms with Crippen molar-refractivity contribution in [3.05, 3.63) is 41.7 Å². The fraction of sp³-hybridized carbons (Fsp3) is 0.385. The van der Waals surface area contributed by atoms with Gasteiger partial charge in [-0.15, -0.1) is 10.2 Å². The highest BCUT2D eigenvalue weighted by molar-refractivity contribution is 7.99. The van der Waals surface area contributed by atoms with Crippen molar-refractivity contribution in [2.24, 2.45) is 5.73 Å². The molecule has 0 radical (unpaired) electrons. The highest BCUT2D eigenvalue weighted by Gasteiger charge is 2.13. The fourth-order valence-electron chi connectivity index (χ4n) is 1.72. The lowest BCUT2D eigenvalue weighted by atomic mass is 10.2. The number of thioether (sulfide) groups is 1. The first-order valence-corrected chi connectivity index (χ1v) is 7.31. The summed E-state index contributed by atoms with van der Waals surface area (Å²) in [5.41, 5.74) is 6.81. The zero-order valence-electron chi connectivity index (χ0n) is 11.0. The third-order valence-corrected chi connectivity index (χ3v) is 3.89. The first kappa shape index (κ1) is 15.0. The van der Waals surface area contributed by atoms with E-state index in [0.717, 1.165) is 5.56 Å². The van der Waals surface area contributed by atoms with Crippen LogP contribution in [0.1, 0.15) is 11.4 Å². The molecular formula is C13H18N4O2S. The highest BCUT2D eigenvalue weighted by atomic mass is 32.2. The van der Waals surface area contributed by atoms with E-state index in [9.17, 15) is 5.11 Å². The van der Waals surface area contributed by atoms with E-state index in [1.54, 1.807) is 0 Å². The van der Waals surface area contributed by atoms with Crippen LogP contribution in [0.15, 0.2) is 35.5 Å². The van der Waals surface area contributed by atoms with Crippen molar-refractivity contribution in [1.29, 1.82) is 0 Å². The van der Waals surface area contributed by atoms with E-state index in [1.807, 2.05) is 34.9 Å². The Morgan fingerprint density at radius 2 is 2.00 bits per heavy atom. The van der Waals surface area contributed by atoms with E-state index >= 15 is 0 Å². The second kappa shape index (κ2) is 7.39. The minimum absolute atomic E-state index is 0.260. The van der Waals surface area contributed by atoms with Gasteiger partial charge >= 0.3 is 0 Å². The van der Waals surface area contributed by atoms with E-state index < -0.39 is 6.10 Å². The SMILES string of the molecule is NCc1nnc(SC[C@@H](O)CO)n1Cc1ccccc1. The maximum Gasteiger partial charge on any atom is 0.191 e. The molecule has 4 N–H and O–H groups in total. The number of benzene rings is 1. The van der Waals surface area contributed by atoms with Gasteiger partial charge < -0.3 is 20.5 Å². The van der Waals surface area contributed by atoms with Crippen molar-refractivity contribution < 1.29 is 10.2 Å². The number of aliphatic hydroxyl groups is 2. The Balaban J connectivity index is 2.14. The molecule has 0 amide bonds. The average Bonchev–Trinajstić information content (AvgIpc) is 2.87. The monoisotopic (exact) mass is 294 g/mol. The lowest BCUT2D eigenvalue weighted by molar-refractivity contribution is 0.113. The summed E-state index contributed by atoms with van der Waals surface area (Å²) in [6.45, 7) is 0.685. The quantitative estimate of drug-likeness (QED) is 0.633. The third-order valence-electron chi connectivity index (χ3n) is 2.78. The van der Waals surface area contributed by atoms with Crippen molar-refractivity contribution in [3.8, 4) is 0 Å². The number of hydrogen-bond acceptors (Lipinski definition) is 6. The minimum atomic E-state index is -0.761. The maximum atomic E-state index is 9.41. The molecule has 2 aromatic rings. The molecule has 1 aromatic heterocycles. The number of nitrogens with two attached hydrogens (primary N) is 1. The second-order valence-corrected chi connectivity index (χ2v) is 5.31. The van der Waals surface area contributed by atoms with E-state index in [2.05, 4.69) is 10.2 Å². The van der Waals surface area contributed by atoms with E-state index in [1.165, 1.54) is 11.8 Å². The van der Waals surface area contributed by atoms with Gasteiger partial charge in [-0.1, -0.05) is 42.1 Å². The number of hydrogen-bond donors (Lipinski definition) is 3. The molecule has 0 aliphatic carbocycles. The van der Waals surface area contributed by atoms with Crippen molar-refractivity contribution in [2.75, 3.05) is 12.4 Å². The molecule has 0 saturated heterocycles. The van der Waals surface area contributed by atoms with Crippen molar-refractivity contribution in [2.45, 2.75) is 24.3 Å². The van der Waals surface area contributed by atoms with Crippen LogP contribution in [0, 0.1) is 0 Å². The summed E-state index contributed by atoms with van der Waals surface area (Å²) in [4.78, 5) is 0. The van der Waals surface area contributed by atoms with E-state index in [-0.39, 0.29) is 6.61 Å². The lowest BCUT2D eigenvalue weighted by Crippen LogP contribution is -2.16. The molecule has 20 heavy (non-hydrogen) atoms. The Kier molecular flexibility index (Phi) is 5.54. The Morgan fingerprint density at radius 3 is 2.65 bits per heavy atom. The van der Waals surface area contributed by atoms with Gasteiger partial charge in [0.25, 0.3) is 0 Å². The van der Waals surface area contributed by atoms with Crippen LogP contribution in [0.3, 0.4) is 0 Å². The van der Waals surface area contributed by atoms with Gasteiger partial charge in [0.15, 0.2) is 5.16 Å². The summed E-state index contributed by atoms with van der Waals surface area (Å²) in [6.07, 6.45) is -0.761. The van der Waals surface area contributed by atoms with Gasteiger partial charge in [0, 0.05) is 5.75 Å². The number of rotatable bonds is 7. The van der Waals surface area contributed by atoms with Gasteiger partial charge in [-0.2, -0.15) is 0 Å². The molecule has 2 rings (SSSR count). The van der Waals surface area contributed by atoms with Gasteiger partial charge in [-0.3, -0.25) is 0 Å². The van der Waals surface area contributed by atoms with Crippen LogP contribution in [0.5, 0.6) is 0 Å². The van der Waals surface area contributed by atoms with Crippen LogP contribution >= 0.6 is 11.8 Å². The Morgan fingerprint density at radius 1 is 1.25 bits per heavy atom. The molecule has 1 heterocycles. The summed E-state index contributed by atoms with van der Waals surface area (Å²) in [5, 5.41) is 27.1.